The van der Waals surface area contributed by atoms with Gasteiger partial charge in [0.05, 0.1) is 12.7 Å². The fourth-order valence-electron chi connectivity index (χ4n) is 1.77. The van der Waals surface area contributed by atoms with Gasteiger partial charge in [-0.2, -0.15) is 0 Å². The van der Waals surface area contributed by atoms with E-state index in [1.54, 1.807) is 12.1 Å². The molecular formula is C14H20BrNO3. The average molecular weight is 330 g/mol. The minimum Gasteiger partial charge on any atom is -0.507 e. The van der Waals surface area contributed by atoms with E-state index in [1.807, 2.05) is 0 Å². The molecule has 0 heterocycles. The first-order chi connectivity index (χ1) is 9.12. The van der Waals surface area contributed by atoms with E-state index in [-0.39, 0.29) is 17.2 Å². The fraction of sp³-hybridized carbons (Fsp3) is 0.500. The van der Waals surface area contributed by atoms with Crippen LogP contribution in [0.15, 0.2) is 18.2 Å². The van der Waals surface area contributed by atoms with E-state index in [9.17, 15) is 9.90 Å². The first-order valence-corrected chi connectivity index (χ1v) is 7.45. The molecule has 1 aromatic rings. The first kappa shape index (κ1) is 15.8. The van der Waals surface area contributed by atoms with Crippen LogP contribution in [-0.4, -0.2) is 30.0 Å². The van der Waals surface area contributed by atoms with Crippen molar-refractivity contribution in [1.82, 2.24) is 5.32 Å². The third-order valence-electron chi connectivity index (χ3n) is 3.10. The van der Waals surface area contributed by atoms with Crippen LogP contribution in [0.4, 0.5) is 0 Å². The van der Waals surface area contributed by atoms with Crippen molar-refractivity contribution in [2.24, 2.45) is 5.92 Å². The van der Waals surface area contributed by atoms with Crippen molar-refractivity contribution < 1.29 is 14.6 Å². The Kier molecular flexibility index (Phi) is 6.70. The summed E-state index contributed by atoms with van der Waals surface area (Å²) >= 11 is 3.40. The van der Waals surface area contributed by atoms with Gasteiger partial charge in [0.15, 0.2) is 0 Å². The Balaban J connectivity index is 2.63. The number of phenols is 1. The van der Waals surface area contributed by atoms with Crippen molar-refractivity contribution in [1.29, 1.82) is 0 Å². The van der Waals surface area contributed by atoms with Gasteiger partial charge in [0, 0.05) is 17.9 Å². The number of phenolic OH excluding ortho intramolecular Hbond substituents is 1. The van der Waals surface area contributed by atoms with Crippen LogP contribution in [0, 0.1) is 5.92 Å². The van der Waals surface area contributed by atoms with Gasteiger partial charge >= 0.3 is 0 Å². The number of benzene rings is 1. The number of carbonyl (C=O) groups is 1. The Bertz CT molecular complexity index is 423. The zero-order chi connectivity index (χ0) is 14.3. The molecule has 0 fully saturated rings. The van der Waals surface area contributed by atoms with Gasteiger partial charge in [0.2, 0.25) is 0 Å². The zero-order valence-electron chi connectivity index (χ0n) is 11.3. The number of hydrogen-bond acceptors (Lipinski definition) is 3. The molecule has 0 aliphatic carbocycles. The predicted molar refractivity (Wildman–Crippen MR) is 79.2 cm³/mol. The van der Waals surface area contributed by atoms with E-state index in [0.717, 1.165) is 18.2 Å². The van der Waals surface area contributed by atoms with Crippen LogP contribution in [0.1, 0.15) is 30.1 Å². The molecule has 0 saturated heterocycles. The molecule has 0 aliphatic heterocycles. The Morgan fingerprint density at radius 3 is 2.79 bits per heavy atom. The maximum Gasteiger partial charge on any atom is 0.255 e. The molecule has 1 aromatic carbocycles. The summed E-state index contributed by atoms with van der Waals surface area (Å²) in [5.74, 6) is 0.655. The number of carbonyl (C=O) groups excluding carboxylic acids is 1. The standard InChI is InChI=1S/C14H20BrNO3/c1-3-10(6-7-15)9-16-14(18)12-5-4-11(19-2)8-13(12)17/h4-5,8,10,17H,3,6-7,9H2,1-2H3,(H,16,18). The summed E-state index contributed by atoms with van der Waals surface area (Å²) in [6, 6.07) is 4.66. The van der Waals surface area contributed by atoms with Gasteiger partial charge in [-0.25, -0.2) is 0 Å². The lowest BCUT2D eigenvalue weighted by molar-refractivity contribution is 0.0944. The highest BCUT2D eigenvalue weighted by atomic mass is 79.9. The minimum absolute atomic E-state index is 0.0645. The molecule has 5 heteroatoms. The van der Waals surface area contributed by atoms with Crippen LogP contribution in [0.5, 0.6) is 11.5 Å². The molecule has 1 atom stereocenters. The molecule has 0 aliphatic rings. The molecule has 1 rings (SSSR count). The van der Waals surface area contributed by atoms with Gasteiger partial charge in [-0.15, -0.1) is 0 Å². The van der Waals surface area contributed by atoms with Crippen LogP contribution < -0.4 is 10.1 Å². The molecule has 0 spiro atoms. The normalized spacial score (nSPS) is 11.9. The lowest BCUT2D eigenvalue weighted by Crippen LogP contribution is -2.29. The number of alkyl halides is 1. The SMILES string of the molecule is CCC(CCBr)CNC(=O)c1ccc(OC)cc1O. The number of ether oxygens (including phenoxy) is 1. The Labute approximate surface area is 122 Å². The molecule has 106 valence electrons. The summed E-state index contributed by atoms with van der Waals surface area (Å²) in [7, 11) is 1.51. The van der Waals surface area contributed by atoms with E-state index in [2.05, 4.69) is 28.2 Å². The van der Waals surface area contributed by atoms with Crippen LogP contribution >= 0.6 is 15.9 Å². The number of aromatic hydroxyl groups is 1. The van der Waals surface area contributed by atoms with Crippen molar-refractivity contribution in [3.63, 3.8) is 0 Å². The largest absolute Gasteiger partial charge is 0.507 e. The molecule has 1 amide bonds. The van der Waals surface area contributed by atoms with Gasteiger partial charge in [0.25, 0.3) is 5.91 Å². The number of halogens is 1. The maximum atomic E-state index is 12.0. The smallest absolute Gasteiger partial charge is 0.255 e. The van der Waals surface area contributed by atoms with E-state index in [0.29, 0.717) is 18.2 Å². The average Bonchev–Trinajstić information content (AvgIpc) is 2.42. The summed E-state index contributed by atoms with van der Waals surface area (Å²) in [5, 5.41) is 13.5. The fourth-order valence-corrected chi connectivity index (χ4v) is 2.42. The van der Waals surface area contributed by atoms with Crippen LogP contribution in [0.3, 0.4) is 0 Å². The van der Waals surface area contributed by atoms with Gasteiger partial charge in [-0.05, 0) is 24.5 Å². The third-order valence-corrected chi connectivity index (χ3v) is 3.55. The highest BCUT2D eigenvalue weighted by Crippen LogP contribution is 2.23. The van der Waals surface area contributed by atoms with Gasteiger partial charge in [-0.1, -0.05) is 29.3 Å². The second-order valence-corrected chi connectivity index (χ2v) is 5.14. The number of amides is 1. The summed E-state index contributed by atoms with van der Waals surface area (Å²) in [4.78, 5) is 12.0. The molecule has 0 aromatic heterocycles. The second-order valence-electron chi connectivity index (χ2n) is 4.35. The summed E-state index contributed by atoms with van der Waals surface area (Å²) in [6.07, 6.45) is 2.03. The zero-order valence-corrected chi connectivity index (χ0v) is 12.9. The molecule has 0 bridgehead atoms. The topological polar surface area (TPSA) is 58.6 Å². The summed E-state index contributed by atoms with van der Waals surface area (Å²) < 4.78 is 4.98. The maximum absolute atomic E-state index is 12.0. The number of hydrogen-bond donors (Lipinski definition) is 2. The summed E-state index contributed by atoms with van der Waals surface area (Å²) in [6.45, 7) is 2.72. The highest BCUT2D eigenvalue weighted by molar-refractivity contribution is 9.09. The van der Waals surface area contributed by atoms with Crippen molar-refractivity contribution in [3.05, 3.63) is 23.8 Å². The lowest BCUT2D eigenvalue weighted by Gasteiger charge is -2.14. The first-order valence-electron chi connectivity index (χ1n) is 6.33. The van der Waals surface area contributed by atoms with E-state index in [1.165, 1.54) is 13.2 Å². The number of rotatable bonds is 7. The monoisotopic (exact) mass is 329 g/mol. The Morgan fingerprint density at radius 2 is 2.26 bits per heavy atom. The van der Waals surface area contributed by atoms with Crippen LogP contribution in [-0.2, 0) is 0 Å². The molecule has 2 N–H and O–H groups in total. The van der Waals surface area contributed by atoms with E-state index < -0.39 is 0 Å². The Morgan fingerprint density at radius 1 is 1.53 bits per heavy atom. The minimum atomic E-state index is -0.256. The van der Waals surface area contributed by atoms with Gasteiger partial charge in [-0.3, -0.25) is 4.79 Å². The lowest BCUT2D eigenvalue weighted by atomic mass is 10.0. The quantitative estimate of drug-likeness (QED) is 0.756. The van der Waals surface area contributed by atoms with Gasteiger partial charge < -0.3 is 15.2 Å². The molecule has 0 radical (unpaired) electrons. The second kappa shape index (κ2) is 8.04. The number of methoxy groups -OCH3 is 1. The van der Waals surface area contributed by atoms with Crippen molar-refractivity contribution in [2.45, 2.75) is 19.8 Å². The van der Waals surface area contributed by atoms with Crippen LogP contribution in [0.2, 0.25) is 0 Å². The van der Waals surface area contributed by atoms with E-state index in [4.69, 9.17) is 4.74 Å². The van der Waals surface area contributed by atoms with Crippen molar-refractivity contribution >= 4 is 21.8 Å². The molecule has 0 saturated carbocycles. The molecule has 19 heavy (non-hydrogen) atoms. The molecule has 1 unspecified atom stereocenters. The van der Waals surface area contributed by atoms with Gasteiger partial charge in [0.1, 0.15) is 11.5 Å². The summed E-state index contributed by atoms with van der Waals surface area (Å²) in [5.41, 5.74) is 0.273. The predicted octanol–water partition coefficient (Wildman–Crippen LogP) is 2.94. The molecular weight excluding hydrogens is 310 g/mol. The highest BCUT2D eigenvalue weighted by Gasteiger charge is 2.13. The van der Waals surface area contributed by atoms with E-state index >= 15 is 0 Å². The van der Waals surface area contributed by atoms with Crippen molar-refractivity contribution in [2.75, 3.05) is 19.0 Å². The third kappa shape index (κ3) is 4.74. The Hall–Kier alpha value is -1.23. The van der Waals surface area contributed by atoms with Crippen molar-refractivity contribution in [3.8, 4) is 11.5 Å². The molecule has 4 nitrogen and oxygen atoms in total. The number of nitrogens with one attached hydrogen (secondary N) is 1. The van der Waals surface area contributed by atoms with Crippen LogP contribution in [0.25, 0.3) is 0 Å².